The van der Waals surface area contributed by atoms with E-state index in [0.29, 0.717) is 11.0 Å². The van der Waals surface area contributed by atoms with E-state index in [1.54, 1.807) is 14.0 Å². The van der Waals surface area contributed by atoms with Crippen LogP contribution in [0.4, 0.5) is 0 Å². The number of aromatic nitrogens is 3. The Morgan fingerprint density at radius 2 is 1.73 bits per heavy atom. The molecule has 2 aromatic carbocycles. The SMILES string of the molecule is COC(=O)C(C)Sc1nnc(-c2ccc(OC)cc2)n1-c1ccccc1. The first-order valence-corrected chi connectivity index (χ1v) is 8.91. The smallest absolute Gasteiger partial charge is 0.318 e. The molecule has 0 spiro atoms. The third kappa shape index (κ3) is 3.72. The van der Waals surface area contributed by atoms with Crippen molar-refractivity contribution in [2.45, 2.75) is 17.3 Å². The molecule has 0 bridgehead atoms. The molecule has 1 atom stereocenters. The number of hydrogen-bond donors (Lipinski definition) is 0. The van der Waals surface area contributed by atoms with Crippen molar-refractivity contribution in [3.8, 4) is 22.8 Å². The number of methoxy groups -OCH3 is 2. The predicted octanol–water partition coefficient (Wildman–Crippen LogP) is 3.60. The zero-order valence-corrected chi connectivity index (χ0v) is 15.6. The minimum atomic E-state index is -0.393. The van der Waals surface area contributed by atoms with Crippen LogP contribution in [0.5, 0.6) is 5.75 Å². The Labute approximate surface area is 156 Å². The maximum Gasteiger partial charge on any atom is 0.318 e. The van der Waals surface area contributed by atoms with Crippen molar-refractivity contribution >= 4 is 17.7 Å². The van der Waals surface area contributed by atoms with E-state index in [1.165, 1.54) is 18.9 Å². The normalized spacial score (nSPS) is 11.8. The van der Waals surface area contributed by atoms with Gasteiger partial charge in [0.1, 0.15) is 11.0 Å². The summed E-state index contributed by atoms with van der Waals surface area (Å²) in [7, 11) is 3.01. The second-order valence-corrected chi connectivity index (χ2v) is 6.80. The third-order valence-electron chi connectivity index (χ3n) is 3.81. The van der Waals surface area contributed by atoms with E-state index < -0.39 is 5.25 Å². The van der Waals surface area contributed by atoms with Crippen LogP contribution in [0.15, 0.2) is 59.8 Å². The van der Waals surface area contributed by atoms with E-state index in [-0.39, 0.29) is 5.97 Å². The van der Waals surface area contributed by atoms with Gasteiger partial charge in [0.15, 0.2) is 11.0 Å². The fraction of sp³-hybridized carbons (Fsp3) is 0.211. The molecule has 0 radical (unpaired) electrons. The summed E-state index contributed by atoms with van der Waals surface area (Å²) in [4.78, 5) is 11.8. The monoisotopic (exact) mass is 369 g/mol. The highest BCUT2D eigenvalue weighted by Crippen LogP contribution is 2.31. The van der Waals surface area contributed by atoms with Gasteiger partial charge in [0.2, 0.25) is 0 Å². The zero-order valence-electron chi connectivity index (χ0n) is 14.7. The fourth-order valence-corrected chi connectivity index (χ4v) is 3.35. The van der Waals surface area contributed by atoms with Gasteiger partial charge in [0, 0.05) is 11.3 Å². The number of ether oxygens (including phenoxy) is 2. The van der Waals surface area contributed by atoms with Gasteiger partial charge in [-0.3, -0.25) is 9.36 Å². The van der Waals surface area contributed by atoms with E-state index >= 15 is 0 Å². The summed E-state index contributed by atoms with van der Waals surface area (Å²) in [6.45, 7) is 1.79. The van der Waals surface area contributed by atoms with Crippen molar-refractivity contribution in [1.29, 1.82) is 0 Å². The predicted molar refractivity (Wildman–Crippen MR) is 101 cm³/mol. The van der Waals surface area contributed by atoms with Gasteiger partial charge in [-0.2, -0.15) is 0 Å². The summed E-state index contributed by atoms with van der Waals surface area (Å²) in [6, 6.07) is 17.4. The highest BCUT2D eigenvalue weighted by molar-refractivity contribution is 8.00. The average molecular weight is 369 g/mol. The summed E-state index contributed by atoms with van der Waals surface area (Å²) in [5.41, 5.74) is 1.82. The van der Waals surface area contributed by atoms with Crippen molar-refractivity contribution in [1.82, 2.24) is 14.8 Å². The quantitative estimate of drug-likeness (QED) is 0.489. The first kappa shape index (κ1) is 18.0. The molecule has 1 heterocycles. The molecule has 1 aromatic heterocycles. The number of rotatable bonds is 6. The van der Waals surface area contributed by atoms with Crippen LogP contribution in [0, 0.1) is 0 Å². The first-order valence-electron chi connectivity index (χ1n) is 8.03. The van der Waals surface area contributed by atoms with Gasteiger partial charge in [0.25, 0.3) is 0 Å². The Hall–Kier alpha value is -2.80. The van der Waals surface area contributed by atoms with Crippen molar-refractivity contribution in [2.24, 2.45) is 0 Å². The Balaban J connectivity index is 2.06. The van der Waals surface area contributed by atoms with Crippen LogP contribution >= 0.6 is 11.8 Å². The van der Waals surface area contributed by atoms with Gasteiger partial charge in [0.05, 0.1) is 14.2 Å². The van der Waals surface area contributed by atoms with Crippen molar-refractivity contribution in [2.75, 3.05) is 14.2 Å². The lowest BCUT2D eigenvalue weighted by Crippen LogP contribution is -2.15. The summed E-state index contributed by atoms with van der Waals surface area (Å²) in [5, 5.41) is 8.89. The Morgan fingerprint density at radius 3 is 2.35 bits per heavy atom. The Morgan fingerprint density at radius 1 is 1.04 bits per heavy atom. The second-order valence-electron chi connectivity index (χ2n) is 5.49. The molecule has 0 aliphatic rings. The molecule has 0 fully saturated rings. The standard InChI is InChI=1S/C19H19N3O3S/c1-13(18(23)25-3)26-19-21-20-17(14-9-11-16(24-2)12-10-14)22(19)15-7-5-4-6-8-15/h4-13H,1-3H3. The molecular weight excluding hydrogens is 350 g/mol. The fourth-order valence-electron chi connectivity index (χ4n) is 2.46. The van der Waals surface area contributed by atoms with Crippen LogP contribution in [-0.4, -0.2) is 40.2 Å². The summed E-state index contributed by atoms with van der Waals surface area (Å²) < 4.78 is 12.0. The lowest BCUT2D eigenvalue weighted by molar-refractivity contribution is -0.139. The largest absolute Gasteiger partial charge is 0.497 e. The van der Waals surface area contributed by atoms with Crippen LogP contribution in [-0.2, 0) is 9.53 Å². The number of thioether (sulfide) groups is 1. The topological polar surface area (TPSA) is 66.2 Å². The number of hydrogen-bond acceptors (Lipinski definition) is 6. The summed E-state index contributed by atoms with van der Waals surface area (Å²) >= 11 is 1.31. The van der Waals surface area contributed by atoms with Crippen LogP contribution in [0.2, 0.25) is 0 Å². The van der Waals surface area contributed by atoms with E-state index in [1.807, 2.05) is 59.2 Å². The second kappa shape index (κ2) is 8.05. The van der Waals surface area contributed by atoms with Crippen LogP contribution in [0.25, 0.3) is 17.1 Å². The minimum absolute atomic E-state index is 0.302. The molecule has 0 saturated carbocycles. The molecule has 0 aliphatic carbocycles. The van der Waals surface area contributed by atoms with Gasteiger partial charge in [-0.05, 0) is 43.3 Å². The third-order valence-corrected chi connectivity index (χ3v) is 4.83. The molecule has 0 saturated heterocycles. The highest BCUT2D eigenvalue weighted by atomic mass is 32.2. The molecule has 7 heteroatoms. The molecule has 134 valence electrons. The maximum absolute atomic E-state index is 11.8. The van der Waals surface area contributed by atoms with E-state index in [4.69, 9.17) is 9.47 Å². The average Bonchev–Trinajstić information content (AvgIpc) is 3.11. The molecular formula is C19H19N3O3S. The molecule has 0 N–H and O–H groups in total. The number of esters is 1. The van der Waals surface area contributed by atoms with Gasteiger partial charge in [-0.25, -0.2) is 0 Å². The number of para-hydroxylation sites is 1. The number of benzene rings is 2. The maximum atomic E-state index is 11.8. The van der Waals surface area contributed by atoms with Crippen LogP contribution in [0.1, 0.15) is 6.92 Å². The molecule has 6 nitrogen and oxygen atoms in total. The number of nitrogens with zero attached hydrogens (tertiary/aromatic N) is 3. The minimum Gasteiger partial charge on any atom is -0.497 e. The van der Waals surface area contributed by atoms with E-state index in [2.05, 4.69) is 10.2 Å². The molecule has 26 heavy (non-hydrogen) atoms. The Bertz CT molecular complexity index is 879. The number of carbonyl (C=O) groups is 1. The molecule has 0 amide bonds. The summed E-state index contributed by atoms with van der Waals surface area (Å²) in [6.07, 6.45) is 0. The van der Waals surface area contributed by atoms with Crippen molar-refractivity contribution in [3.05, 3.63) is 54.6 Å². The zero-order chi connectivity index (χ0) is 18.5. The van der Waals surface area contributed by atoms with Crippen molar-refractivity contribution in [3.63, 3.8) is 0 Å². The molecule has 0 aliphatic heterocycles. The van der Waals surface area contributed by atoms with E-state index in [0.717, 1.165) is 17.0 Å². The van der Waals surface area contributed by atoms with Gasteiger partial charge in [-0.1, -0.05) is 30.0 Å². The van der Waals surface area contributed by atoms with Gasteiger partial charge in [-0.15, -0.1) is 10.2 Å². The molecule has 3 aromatic rings. The van der Waals surface area contributed by atoms with Crippen molar-refractivity contribution < 1.29 is 14.3 Å². The lowest BCUT2D eigenvalue weighted by Gasteiger charge is -2.12. The van der Waals surface area contributed by atoms with E-state index in [9.17, 15) is 4.79 Å². The number of carbonyl (C=O) groups excluding carboxylic acids is 1. The van der Waals surface area contributed by atoms with Crippen LogP contribution < -0.4 is 4.74 Å². The van der Waals surface area contributed by atoms with Crippen LogP contribution in [0.3, 0.4) is 0 Å². The van der Waals surface area contributed by atoms with Gasteiger partial charge < -0.3 is 9.47 Å². The van der Waals surface area contributed by atoms with Gasteiger partial charge >= 0.3 is 5.97 Å². The Kier molecular flexibility index (Phi) is 5.58. The highest BCUT2D eigenvalue weighted by Gasteiger charge is 2.22. The molecule has 3 rings (SSSR count). The lowest BCUT2D eigenvalue weighted by atomic mass is 10.2. The summed E-state index contributed by atoms with van der Waals surface area (Å²) in [5.74, 6) is 1.16. The molecule has 1 unspecified atom stereocenters. The first-order chi connectivity index (χ1) is 12.6.